The Hall–Kier alpha value is -2.63. The first-order valence-electron chi connectivity index (χ1n) is 33.6. The van der Waals surface area contributed by atoms with Crippen molar-refractivity contribution in [3.8, 4) is 0 Å². The molecule has 0 amide bonds. The number of carbonyl (C=O) groups is 3. The van der Waals surface area contributed by atoms with Crippen molar-refractivity contribution >= 4 is 17.9 Å². The molecular formula is C70H128O6. The number of hydrogen-bond acceptors (Lipinski definition) is 6. The van der Waals surface area contributed by atoms with Crippen LogP contribution in [0.1, 0.15) is 361 Å². The maximum Gasteiger partial charge on any atom is 0.306 e. The van der Waals surface area contributed by atoms with E-state index in [1.807, 2.05) is 0 Å². The molecule has 1 unspecified atom stereocenters. The van der Waals surface area contributed by atoms with Gasteiger partial charge >= 0.3 is 17.9 Å². The minimum absolute atomic E-state index is 0.0782. The van der Waals surface area contributed by atoms with Crippen molar-refractivity contribution in [2.45, 2.75) is 367 Å². The van der Waals surface area contributed by atoms with E-state index in [9.17, 15) is 14.4 Å². The minimum atomic E-state index is -0.782. The van der Waals surface area contributed by atoms with Crippen LogP contribution in [0.2, 0.25) is 0 Å². The van der Waals surface area contributed by atoms with Gasteiger partial charge in [0.1, 0.15) is 13.2 Å². The van der Waals surface area contributed by atoms with Crippen LogP contribution in [0.5, 0.6) is 0 Å². The zero-order chi connectivity index (χ0) is 55.0. The molecule has 0 rings (SSSR count). The summed E-state index contributed by atoms with van der Waals surface area (Å²) in [5, 5.41) is 0. The summed E-state index contributed by atoms with van der Waals surface area (Å²) in [6.45, 7) is 6.57. The number of unbranched alkanes of at least 4 members (excludes halogenated alkanes) is 43. The Labute approximate surface area is 473 Å². The summed E-state index contributed by atoms with van der Waals surface area (Å²) in [6, 6.07) is 0. The fourth-order valence-corrected chi connectivity index (χ4v) is 9.94. The molecular weight excluding hydrogens is 937 g/mol. The third kappa shape index (κ3) is 62.2. The first-order chi connectivity index (χ1) is 37.5. The van der Waals surface area contributed by atoms with E-state index in [-0.39, 0.29) is 31.1 Å². The summed E-state index contributed by atoms with van der Waals surface area (Å²) in [5.74, 6) is -0.885. The highest BCUT2D eigenvalue weighted by molar-refractivity contribution is 5.71. The summed E-state index contributed by atoms with van der Waals surface area (Å²) in [6.07, 6.45) is 81.6. The van der Waals surface area contributed by atoms with Crippen LogP contribution in [0.3, 0.4) is 0 Å². The zero-order valence-electron chi connectivity index (χ0n) is 51.0. The van der Waals surface area contributed by atoms with Gasteiger partial charge in [-0.3, -0.25) is 14.4 Å². The fourth-order valence-electron chi connectivity index (χ4n) is 9.94. The SMILES string of the molecule is CCC/C=C\C/C=C\CCCCCCCC(=O)OC(COC(=O)CCCCCCC/C=C\CCCCC)COC(=O)CCCCCCCCCCCCCCCCCCCCCCC/C=C\CCCCCCCCCC. The Morgan fingerprint density at radius 3 is 0.816 bits per heavy atom. The summed E-state index contributed by atoms with van der Waals surface area (Å²) in [7, 11) is 0. The quantitative estimate of drug-likeness (QED) is 0.0261. The van der Waals surface area contributed by atoms with Gasteiger partial charge in [0, 0.05) is 19.3 Å². The van der Waals surface area contributed by atoms with Gasteiger partial charge in [-0.2, -0.15) is 0 Å². The van der Waals surface area contributed by atoms with Gasteiger partial charge in [0.15, 0.2) is 6.10 Å². The Morgan fingerprint density at radius 1 is 0.263 bits per heavy atom. The Kier molecular flexibility index (Phi) is 62.6. The van der Waals surface area contributed by atoms with E-state index in [0.717, 1.165) is 96.3 Å². The van der Waals surface area contributed by atoms with E-state index in [2.05, 4.69) is 69.4 Å². The van der Waals surface area contributed by atoms with E-state index in [0.29, 0.717) is 19.3 Å². The van der Waals surface area contributed by atoms with Crippen LogP contribution in [-0.2, 0) is 28.6 Å². The van der Waals surface area contributed by atoms with E-state index >= 15 is 0 Å². The first-order valence-corrected chi connectivity index (χ1v) is 33.6. The lowest BCUT2D eigenvalue weighted by atomic mass is 10.0. The molecule has 0 bridgehead atoms. The third-order valence-electron chi connectivity index (χ3n) is 15.0. The molecule has 6 heteroatoms. The van der Waals surface area contributed by atoms with Gasteiger partial charge in [-0.15, -0.1) is 0 Å². The highest BCUT2D eigenvalue weighted by atomic mass is 16.6. The molecule has 0 aliphatic heterocycles. The van der Waals surface area contributed by atoms with Crippen molar-refractivity contribution in [2.75, 3.05) is 13.2 Å². The van der Waals surface area contributed by atoms with E-state index in [4.69, 9.17) is 14.2 Å². The van der Waals surface area contributed by atoms with Gasteiger partial charge in [-0.05, 0) is 96.3 Å². The number of hydrogen-bond donors (Lipinski definition) is 0. The van der Waals surface area contributed by atoms with Gasteiger partial charge in [0.2, 0.25) is 0 Å². The molecule has 0 saturated heterocycles. The summed E-state index contributed by atoms with van der Waals surface area (Å²) >= 11 is 0. The van der Waals surface area contributed by atoms with Crippen molar-refractivity contribution < 1.29 is 28.6 Å². The molecule has 0 aliphatic rings. The van der Waals surface area contributed by atoms with Crippen LogP contribution in [-0.4, -0.2) is 37.2 Å². The molecule has 0 spiro atoms. The Balaban J connectivity index is 4.04. The number of allylic oxidation sites excluding steroid dienone is 8. The van der Waals surface area contributed by atoms with E-state index < -0.39 is 6.10 Å². The Bertz CT molecular complexity index is 1310. The Morgan fingerprint density at radius 2 is 0.500 bits per heavy atom. The van der Waals surface area contributed by atoms with Gasteiger partial charge in [-0.25, -0.2) is 0 Å². The molecule has 0 aliphatic carbocycles. The van der Waals surface area contributed by atoms with E-state index in [1.54, 1.807) is 0 Å². The maximum absolute atomic E-state index is 12.8. The standard InChI is InChI=1S/C70H128O6/c1-4-7-10-13-16-19-22-25-26-27-28-29-30-31-32-33-34-35-36-37-38-39-40-41-42-43-44-46-48-51-54-57-60-63-69(72)75-66-67(65-74-68(71)62-59-56-53-50-47-24-21-18-15-12-9-6-3)76-70(73)64-61-58-55-52-49-45-23-20-17-14-11-8-5-2/h11,14,18,20-21,23,27-28,67H,4-10,12-13,15-17,19,22,24-26,29-66H2,1-3H3/b14-11-,21-18-,23-20-,28-27-. The second kappa shape index (κ2) is 64.9. The smallest absolute Gasteiger partial charge is 0.306 e. The second-order valence-electron chi connectivity index (χ2n) is 22.7. The first kappa shape index (κ1) is 73.4. The molecule has 0 fully saturated rings. The highest BCUT2D eigenvalue weighted by Gasteiger charge is 2.19. The van der Waals surface area contributed by atoms with Crippen molar-refractivity contribution in [3.05, 3.63) is 48.6 Å². The molecule has 76 heavy (non-hydrogen) atoms. The molecule has 0 aromatic heterocycles. The third-order valence-corrected chi connectivity index (χ3v) is 15.0. The summed E-state index contributed by atoms with van der Waals surface area (Å²) in [4.78, 5) is 38.2. The molecule has 0 aromatic rings. The molecule has 0 N–H and O–H groups in total. The largest absolute Gasteiger partial charge is 0.462 e. The molecule has 0 radical (unpaired) electrons. The number of carbonyl (C=O) groups excluding carboxylic acids is 3. The van der Waals surface area contributed by atoms with Crippen LogP contribution in [0, 0.1) is 0 Å². The van der Waals surface area contributed by atoms with Crippen LogP contribution in [0.15, 0.2) is 48.6 Å². The van der Waals surface area contributed by atoms with Crippen molar-refractivity contribution in [1.82, 2.24) is 0 Å². The molecule has 444 valence electrons. The van der Waals surface area contributed by atoms with Gasteiger partial charge < -0.3 is 14.2 Å². The highest BCUT2D eigenvalue weighted by Crippen LogP contribution is 2.18. The minimum Gasteiger partial charge on any atom is -0.462 e. The molecule has 0 saturated carbocycles. The normalized spacial score (nSPS) is 12.3. The predicted molar refractivity (Wildman–Crippen MR) is 330 cm³/mol. The van der Waals surface area contributed by atoms with Crippen LogP contribution < -0.4 is 0 Å². The van der Waals surface area contributed by atoms with E-state index in [1.165, 1.54) is 225 Å². The molecule has 1 atom stereocenters. The average molecular weight is 1070 g/mol. The number of ether oxygens (including phenoxy) is 3. The average Bonchev–Trinajstić information content (AvgIpc) is 3.42. The lowest BCUT2D eigenvalue weighted by molar-refractivity contribution is -0.167. The van der Waals surface area contributed by atoms with Crippen molar-refractivity contribution in [1.29, 1.82) is 0 Å². The van der Waals surface area contributed by atoms with Gasteiger partial charge in [0.05, 0.1) is 0 Å². The second-order valence-corrected chi connectivity index (χ2v) is 22.7. The lowest BCUT2D eigenvalue weighted by Crippen LogP contribution is -2.30. The maximum atomic E-state index is 12.8. The van der Waals surface area contributed by atoms with Crippen LogP contribution in [0.4, 0.5) is 0 Å². The van der Waals surface area contributed by atoms with Crippen molar-refractivity contribution in [2.24, 2.45) is 0 Å². The summed E-state index contributed by atoms with van der Waals surface area (Å²) in [5.41, 5.74) is 0. The zero-order valence-corrected chi connectivity index (χ0v) is 51.0. The predicted octanol–water partition coefficient (Wildman–Crippen LogP) is 22.9. The lowest BCUT2D eigenvalue weighted by Gasteiger charge is -2.18. The summed E-state index contributed by atoms with van der Waals surface area (Å²) < 4.78 is 16.9. The van der Waals surface area contributed by atoms with Gasteiger partial charge in [-0.1, -0.05) is 294 Å². The monoisotopic (exact) mass is 1060 g/mol. The molecule has 6 nitrogen and oxygen atoms in total. The van der Waals surface area contributed by atoms with Crippen LogP contribution in [0.25, 0.3) is 0 Å². The topological polar surface area (TPSA) is 78.9 Å². The number of rotatable bonds is 62. The van der Waals surface area contributed by atoms with Gasteiger partial charge in [0.25, 0.3) is 0 Å². The molecule has 0 heterocycles. The fraction of sp³-hybridized carbons (Fsp3) is 0.843. The van der Waals surface area contributed by atoms with Crippen molar-refractivity contribution in [3.63, 3.8) is 0 Å². The molecule has 0 aromatic carbocycles. The van der Waals surface area contributed by atoms with Crippen LogP contribution >= 0.6 is 0 Å². The number of esters is 3.